The van der Waals surface area contributed by atoms with Gasteiger partial charge in [0.05, 0.1) is 23.8 Å². The fraction of sp³-hybridized carbons (Fsp3) is 0.429. The maximum absolute atomic E-state index is 11.3. The molecule has 0 saturated carbocycles. The standard InChI is InChI=1S/C14H17N3O2/c15-8-10-3-5-11(6-4-10)13(18)9-17-7-1-2-12(17)14(16)19/h3-6,12-13,18H,1-2,7,9H2,(H2,16,19). The lowest BCUT2D eigenvalue weighted by Gasteiger charge is -2.24. The Morgan fingerprint density at radius 2 is 2.21 bits per heavy atom. The molecule has 2 rings (SSSR count). The molecule has 1 aromatic rings. The average Bonchev–Trinajstić information content (AvgIpc) is 2.87. The normalized spacial score (nSPS) is 20.9. The molecule has 1 heterocycles. The van der Waals surface area contributed by atoms with Crippen LogP contribution in [0.3, 0.4) is 0 Å². The lowest BCUT2D eigenvalue weighted by atomic mass is 10.1. The zero-order valence-corrected chi connectivity index (χ0v) is 10.6. The fourth-order valence-corrected chi connectivity index (χ4v) is 2.47. The van der Waals surface area contributed by atoms with E-state index in [0.29, 0.717) is 12.1 Å². The van der Waals surface area contributed by atoms with Gasteiger partial charge in [-0.3, -0.25) is 9.69 Å². The number of likely N-dealkylation sites (tertiary alicyclic amines) is 1. The molecule has 1 aliphatic heterocycles. The van der Waals surface area contributed by atoms with E-state index in [4.69, 9.17) is 11.0 Å². The number of carbonyl (C=O) groups excluding carboxylic acids is 1. The molecule has 1 amide bonds. The fourth-order valence-electron chi connectivity index (χ4n) is 2.47. The predicted octanol–water partition coefficient (Wildman–Crippen LogP) is 0.541. The third-order valence-corrected chi connectivity index (χ3v) is 3.52. The zero-order chi connectivity index (χ0) is 13.8. The van der Waals surface area contributed by atoms with Crippen LogP contribution in [0.15, 0.2) is 24.3 Å². The lowest BCUT2D eigenvalue weighted by molar-refractivity contribution is -0.122. The van der Waals surface area contributed by atoms with Crippen LogP contribution in [0, 0.1) is 11.3 Å². The molecular weight excluding hydrogens is 242 g/mol. The van der Waals surface area contributed by atoms with Crippen molar-refractivity contribution in [1.29, 1.82) is 5.26 Å². The minimum Gasteiger partial charge on any atom is -0.387 e. The molecule has 0 bridgehead atoms. The number of rotatable bonds is 4. The summed E-state index contributed by atoms with van der Waals surface area (Å²) in [6.07, 6.45) is 1.01. The van der Waals surface area contributed by atoms with Crippen LogP contribution in [0.5, 0.6) is 0 Å². The van der Waals surface area contributed by atoms with E-state index in [1.54, 1.807) is 24.3 Å². The minimum atomic E-state index is -0.673. The van der Waals surface area contributed by atoms with Gasteiger partial charge in [-0.05, 0) is 37.1 Å². The highest BCUT2D eigenvalue weighted by Crippen LogP contribution is 2.22. The highest BCUT2D eigenvalue weighted by molar-refractivity contribution is 5.80. The van der Waals surface area contributed by atoms with Crippen molar-refractivity contribution in [3.05, 3.63) is 35.4 Å². The van der Waals surface area contributed by atoms with Crippen molar-refractivity contribution < 1.29 is 9.90 Å². The predicted molar refractivity (Wildman–Crippen MR) is 69.9 cm³/mol. The minimum absolute atomic E-state index is 0.270. The number of benzene rings is 1. The second kappa shape index (κ2) is 5.83. The van der Waals surface area contributed by atoms with Gasteiger partial charge in [0.25, 0.3) is 0 Å². The van der Waals surface area contributed by atoms with E-state index in [-0.39, 0.29) is 11.9 Å². The van der Waals surface area contributed by atoms with Gasteiger partial charge >= 0.3 is 0 Å². The van der Waals surface area contributed by atoms with Crippen LogP contribution >= 0.6 is 0 Å². The Morgan fingerprint density at radius 1 is 1.53 bits per heavy atom. The highest BCUT2D eigenvalue weighted by atomic mass is 16.3. The summed E-state index contributed by atoms with van der Waals surface area (Å²) < 4.78 is 0. The van der Waals surface area contributed by atoms with Gasteiger partial charge in [-0.25, -0.2) is 0 Å². The number of amides is 1. The number of β-amino-alcohol motifs (C(OH)–C–C–N with tert-alkyl or cyclic N) is 1. The lowest BCUT2D eigenvalue weighted by Crippen LogP contribution is -2.42. The van der Waals surface area contributed by atoms with Gasteiger partial charge in [-0.2, -0.15) is 5.26 Å². The van der Waals surface area contributed by atoms with Crippen molar-refractivity contribution in [2.75, 3.05) is 13.1 Å². The van der Waals surface area contributed by atoms with Crippen LogP contribution in [0.2, 0.25) is 0 Å². The molecule has 1 saturated heterocycles. The van der Waals surface area contributed by atoms with Crippen LogP contribution < -0.4 is 5.73 Å². The molecule has 1 aromatic carbocycles. The first kappa shape index (κ1) is 13.5. The zero-order valence-electron chi connectivity index (χ0n) is 10.6. The summed E-state index contributed by atoms with van der Waals surface area (Å²) in [6.45, 7) is 1.17. The summed E-state index contributed by atoms with van der Waals surface area (Å²) in [7, 11) is 0. The quantitative estimate of drug-likeness (QED) is 0.825. The molecule has 19 heavy (non-hydrogen) atoms. The Balaban J connectivity index is 2.02. The molecule has 1 aliphatic rings. The summed E-state index contributed by atoms with van der Waals surface area (Å²) in [5, 5.41) is 18.9. The third-order valence-electron chi connectivity index (χ3n) is 3.52. The van der Waals surface area contributed by atoms with Crippen LogP contribution in [-0.4, -0.2) is 35.0 Å². The van der Waals surface area contributed by atoms with E-state index < -0.39 is 6.10 Å². The Kier molecular flexibility index (Phi) is 4.15. The first-order valence-corrected chi connectivity index (χ1v) is 6.33. The summed E-state index contributed by atoms with van der Waals surface area (Å²) in [4.78, 5) is 13.2. The van der Waals surface area contributed by atoms with E-state index in [2.05, 4.69) is 0 Å². The van der Waals surface area contributed by atoms with Crippen LogP contribution in [0.4, 0.5) is 0 Å². The number of hydrogen-bond donors (Lipinski definition) is 2. The Hall–Kier alpha value is -1.90. The molecule has 0 spiro atoms. The van der Waals surface area contributed by atoms with E-state index in [1.165, 1.54) is 0 Å². The summed E-state index contributed by atoms with van der Waals surface area (Å²) in [6, 6.07) is 8.58. The largest absolute Gasteiger partial charge is 0.387 e. The number of aliphatic hydroxyl groups excluding tert-OH is 1. The van der Waals surface area contributed by atoms with Crippen LogP contribution in [0.25, 0.3) is 0 Å². The topological polar surface area (TPSA) is 90.3 Å². The van der Waals surface area contributed by atoms with E-state index in [9.17, 15) is 9.90 Å². The second-order valence-electron chi connectivity index (χ2n) is 4.80. The molecule has 2 atom stereocenters. The Labute approximate surface area is 112 Å². The van der Waals surface area contributed by atoms with Gasteiger partial charge in [-0.15, -0.1) is 0 Å². The molecule has 5 nitrogen and oxygen atoms in total. The molecule has 1 fully saturated rings. The number of hydrogen-bond acceptors (Lipinski definition) is 4. The summed E-state index contributed by atoms with van der Waals surface area (Å²) >= 11 is 0. The van der Waals surface area contributed by atoms with E-state index >= 15 is 0 Å². The van der Waals surface area contributed by atoms with Crippen molar-refractivity contribution in [3.63, 3.8) is 0 Å². The molecule has 3 N–H and O–H groups in total. The monoisotopic (exact) mass is 259 g/mol. The maximum Gasteiger partial charge on any atom is 0.234 e. The average molecular weight is 259 g/mol. The number of primary amides is 1. The number of aliphatic hydroxyl groups is 1. The molecule has 2 unspecified atom stereocenters. The van der Waals surface area contributed by atoms with Gasteiger partial charge in [0, 0.05) is 6.54 Å². The third kappa shape index (κ3) is 3.11. The summed E-state index contributed by atoms with van der Waals surface area (Å²) in [5.41, 5.74) is 6.65. The van der Waals surface area contributed by atoms with Crippen LogP contribution in [-0.2, 0) is 4.79 Å². The van der Waals surface area contributed by atoms with Crippen molar-refractivity contribution in [2.45, 2.75) is 25.0 Å². The molecule has 5 heteroatoms. The number of nitrogens with two attached hydrogens (primary N) is 1. The Bertz CT molecular complexity index is 492. The second-order valence-corrected chi connectivity index (χ2v) is 4.80. The van der Waals surface area contributed by atoms with Crippen molar-refractivity contribution in [2.24, 2.45) is 5.73 Å². The number of nitriles is 1. The van der Waals surface area contributed by atoms with Crippen molar-refractivity contribution >= 4 is 5.91 Å². The van der Waals surface area contributed by atoms with E-state index in [1.807, 2.05) is 11.0 Å². The Morgan fingerprint density at radius 3 is 2.79 bits per heavy atom. The van der Waals surface area contributed by atoms with Crippen molar-refractivity contribution in [3.8, 4) is 6.07 Å². The first-order valence-electron chi connectivity index (χ1n) is 6.33. The van der Waals surface area contributed by atoms with Gasteiger partial charge < -0.3 is 10.8 Å². The van der Waals surface area contributed by atoms with Gasteiger partial charge in [0.1, 0.15) is 0 Å². The maximum atomic E-state index is 11.3. The van der Waals surface area contributed by atoms with Crippen molar-refractivity contribution in [1.82, 2.24) is 4.90 Å². The van der Waals surface area contributed by atoms with Gasteiger partial charge in [0.15, 0.2) is 0 Å². The van der Waals surface area contributed by atoms with Gasteiger partial charge in [0.2, 0.25) is 5.91 Å². The number of carbonyl (C=O) groups is 1. The molecular formula is C14H17N3O2. The van der Waals surface area contributed by atoms with Crippen LogP contribution in [0.1, 0.15) is 30.1 Å². The molecule has 0 aromatic heterocycles. The number of nitrogens with zero attached hydrogens (tertiary/aromatic N) is 2. The summed E-state index contributed by atoms with van der Waals surface area (Å²) in [5.74, 6) is -0.329. The highest BCUT2D eigenvalue weighted by Gasteiger charge is 2.30. The van der Waals surface area contributed by atoms with E-state index in [0.717, 1.165) is 24.9 Å². The first-order chi connectivity index (χ1) is 9.11. The van der Waals surface area contributed by atoms with Gasteiger partial charge in [-0.1, -0.05) is 12.1 Å². The molecule has 0 radical (unpaired) electrons. The molecule has 0 aliphatic carbocycles. The molecule has 100 valence electrons. The SMILES string of the molecule is N#Cc1ccc(C(O)CN2CCCC2C(N)=O)cc1. The smallest absolute Gasteiger partial charge is 0.234 e.